The van der Waals surface area contributed by atoms with Crippen LogP contribution in [0.4, 0.5) is 0 Å². The highest BCUT2D eigenvalue weighted by Crippen LogP contribution is 2.37. The summed E-state index contributed by atoms with van der Waals surface area (Å²) in [6, 6.07) is 0. The molecule has 3 heteroatoms. The Kier molecular flexibility index (Phi) is 3.55. The lowest BCUT2D eigenvalue weighted by molar-refractivity contribution is -0.177. The molecule has 0 amide bonds. The van der Waals surface area contributed by atoms with Gasteiger partial charge >= 0.3 is 5.97 Å². The largest absolute Gasteiger partial charge is 0.461 e. The molecule has 0 saturated heterocycles. The van der Waals surface area contributed by atoms with Crippen LogP contribution in [0.2, 0.25) is 0 Å². The maximum atomic E-state index is 11.8. The molecule has 0 bridgehead atoms. The molecule has 86 valence electrons. The first kappa shape index (κ1) is 12.2. The monoisotopic (exact) mass is 212 g/mol. The van der Waals surface area contributed by atoms with Crippen molar-refractivity contribution in [1.29, 1.82) is 0 Å². The first-order valence-corrected chi connectivity index (χ1v) is 5.46. The van der Waals surface area contributed by atoms with E-state index in [4.69, 9.17) is 4.74 Å². The van der Waals surface area contributed by atoms with Gasteiger partial charge in [0.15, 0.2) is 5.60 Å². The molecule has 0 aliphatic heterocycles. The molecule has 0 radical (unpaired) electrons. The molecule has 0 heterocycles. The molecule has 1 fully saturated rings. The molecule has 1 N–H and O–H groups in total. The second-order valence-corrected chi connectivity index (χ2v) is 4.74. The minimum atomic E-state index is -1.36. The van der Waals surface area contributed by atoms with Crippen LogP contribution >= 0.6 is 0 Å². The Morgan fingerprint density at radius 1 is 1.67 bits per heavy atom. The average molecular weight is 212 g/mol. The second-order valence-electron chi connectivity index (χ2n) is 4.74. The number of esters is 1. The van der Waals surface area contributed by atoms with Crippen LogP contribution in [0, 0.1) is 5.92 Å². The summed E-state index contributed by atoms with van der Waals surface area (Å²) in [5, 5.41) is 10.3. The van der Waals surface area contributed by atoms with Gasteiger partial charge in [-0.1, -0.05) is 19.1 Å². The minimum Gasteiger partial charge on any atom is -0.461 e. The lowest BCUT2D eigenvalue weighted by Gasteiger charge is -2.37. The molecule has 0 unspecified atom stereocenters. The van der Waals surface area contributed by atoms with Crippen LogP contribution < -0.4 is 0 Å². The summed E-state index contributed by atoms with van der Waals surface area (Å²) in [6.45, 7) is 9.28. The first-order chi connectivity index (χ1) is 6.86. The number of hydrogen-bond donors (Lipinski definition) is 1. The van der Waals surface area contributed by atoms with Gasteiger partial charge in [0.2, 0.25) is 0 Å². The van der Waals surface area contributed by atoms with E-state index in [1.54, 1.807) is 13.8 Å². The highest BCUT2D eigenvalue weighted by Gasteiger charge is 2.45. The zero-order valence-corrected chi connectivity index (χ0v) is 9.75. The quantitative estimate of drug-likeness (QED) is 0.563. The molecular formula is C12H20O3. The van der Waals surface area contributed by atoms with Crippen molar-refractivity contribution >= 4 is 5.97 Å². The van der Waals surface area contributed by atoms with E-state index in [0.717, 1.165) is 18.4 Å². The van der Waals surface area contributed by atoms with E-state index < -0.39 is 11.6 Å². The summed E-state index contributed by atoms with van der Waals surface area (Å²) in [6.07, 6.45) is 1.82. The summed E-state index contributed by atoms with van der Waals surface area (Å²) in [5.41, 5.74) is -0.434. The smallest absolute Gasteiger partial charge is 0.338 e. The highest BCUT2D eigenvalue weighted by atomic mass is 16.6. The van der Waals surface area contributed by atoms with Crippen LogP contribution in [0.1, 0.15) is 40.0 Å². The van der Waals surface area contributed by atoms with Crippen molar-refractivity contribution in [2.75, 3.05) is 0 Å². The molecule has 0 aromatic heterocycles. The Balaban J connectivity index is 2.78. The third kappa shape index (κ3) is 2.59. The van der Waals surface area contributed by atoms with E-state index in [9.17, 15) is 9.90 Å². The topological polar surface area (TPSA) is 46.5 Å². The van der Waals surface area contributed by atoms with Crippen molar-refractivity contribution in [2.24, 2.45) is 5.92 Å². The molecule has 0 spiro atoms. The maximum absolute atomic E-state index is 11.8. The minimum absolute atomic E-state index is 0.0609. The van der Waals surface area contributed by atoms with Gasteiger partial charge in [-0.25, -0.2) is 4.79 Å². The fraction of sp³-hybridized carbons (Fsp3) is 0.750. The first-order valence-electron chi connectivity index (χ1n) is 5.46. The predicted molar refractivity (Wildman–Crippen MR) is 58.3 cm³/mol. The zero-order chi connectivity index (χ0) is 11.6. The summed E-state index contributed by atoms with van der Waals surface area (Å²) in [5.74, 6) is -0.569. The average Bonchev–Trinajstić information content (AvgIpc) is 2.10. The van der Waals surface area contributed by atoms with Gasteiger partial charge in [-0.05, 0) is 32.6 Å². The van der Waals surface area contributed by atoms with E-state index in [1.807, 2.05) is 6.92 Å². The molecule has 0 aromatic carbocycles. The highest BCUT2D eigenvalue weighted by molar-refractivity contribution is 5.80. The van der Waals surface area contributed by atoms with Crippen LogP contribution in [-0.4, -0.2) is 22.8 Å². The second kappa shape index (κ2) is 4.35. The Hall–Kier alpha value is -0.830. The van der Waals surface area contributed by atoms with Crippen molar-refractivity contribution in [3.05, 3.63) is 12.2 Å². The number of carbonyl (C=O) groups is 1. The molecule has 1 rings (SSSR count). The van der Waals surface area contributed by atoms with E-state index in [-0.39, 0.29) is 12.0 Å². The van der Waals surface area contributed by atoms with Gasteiger partial charge in [0.1, 0.15) is 0 Å². The van der Waals surface area contributed by atoms with E-state index >= 15 is 0 Å². The third-order valence-electron chi connectivity index (χ3n) is 2.96. The fourth-order valence-corrected chi connectivity index (χ4v) is 1.89. The van der Waals surface area contributed by atoms with Crippen LogP contribution in [0.15, 0.2) is 12.2 Å². The lowest BCUT2D eigenvalue weighted by Crippen LogP contribution is -2.49. The molecule has 1 aliphatic carbocycles. The van der Waals surface area contributed by atoms with Crippen molar-refractivity contribution < 1.29 is 14.6 Å². The van der Waals surface area contributed by atoms with Gasteiger partial charge in [-0.2, -0.15) is 0 Å². The van der Waals surface area contributed by atoms with Gasteiger partial charge in [0, 0.05) is 6.42 Å². The zero-order valence-electron chi connectivity index (χ0n) is 9.75. The van der Waals surface area contributed by atoms with E-state index in [2.05, 4.69) is 6.58 Å². The molecule has 2 atom stereocenters. The number of hydrogen-bond acceptors (Lipinski definition) is 3. The maximum Gasteiger partial charge on any atom is 0.338 e. The van der Waals surface area contributed by atoms with Crippen LogP contribution in [-0.2, 0) is 9.53 Å². The Morgan fingerprint density at radius 2 is 2.27 bits per heavy atom. The van der Waals surface area contributed by atoms with Crippen molar-refractivity contribution in [2.45, 2.75) is 51.7 Å². The fourth-order valence-electron chi connectivity index (χ4n) is 1.89. The summed E-state index contributed by atoms with van der Waals surface area (Å²) in [4.78, 5) is 11.8. The van der Waals surface area contributed by atoms with Gasteiger partial charge in [0.05, 0.1) is 6.10 Å². The Bertz CT molecular complexity index is 270. The normalized spacial score (nSPS) is 31.8. The third-order valence-corrected chi connectivity index (χ3v) is 2.96. The Morgan fingerprint density at radius 3 is 2.80 bits per heavy atom. The summed E-state index contributed by atoms with van der Waals surface area (Å²) in [7, 11) is 0. The van der Waals surface area contributed by atoms with Crippen LogP contribution in [0.25, 0.3) is 0 Å². The van der Waals surface area contributed by atoms with Crippen molar-refractivity contribution in [3.8, 4) is 0 Å². The van der Waals surface area contributed by atoms with Crippen LogP contribution in [0.3, 0.4) is 0 Å². The van der Waals surface area contributed by atoms with Crippen molar-refractivity contribution in [1.82, 2.24) is 0 Å². The number of aliphatic hydroxyl groups is 1. The molecule has 0 aromatic rings. The standard InChI is InChI=1S/C12H20O3/c1-8(2)15-11(13)12(14)7-9(3)5-6-10(12)4/h8,10,14H,3,5-7H2,1-2,4H3/t10-,12+/m1/s1. The molecule has 1 saturated carbocycles. The lowest BCUT2D eigenvalue weighted by atomic mass is 9.74. The van der Waals surface area contributed by atoms with Gasteiger partial charge in [-0.15, -0.1) is 0 Å². The summed E-state index contributed by atoms with van der Waals surface area (Å²) >= 11 is 0. The SMILES string of the molecule is C=C1CC[C@@H](C)[C@](O)(C(=O)OC(C)C)C1. The predicted octanol–water partition coefficient (Wildman–Crippen LogP) is 2.05. The molecular weight excluding hydrogens is 192 g/mol. The number of ether oxygens (including phenoxy) is 1. The van der Waals surface area contributed by atoms with Gasteiger partial charge < -0.3 is 9.84 Å². The number of rotatable bonds is 2. The van der Waals surface area contributed by atoms with Gasteiger partial charge in [-0.3, -0.25) is 0 Å². The van der Waals surface area contributed by atoms with Gasteiger partial charge in [0.25, 0.3) is 0 Å². The molecule has 15 heavy (non-hydrogen) atoms. The Labute approximate surface area is 91.1 Å². The van der Waals surface area contributed by atoms with E-state index in [0.29, 0.717) is 6.42 Å². The molecule has 3 nitrogen and oxygen atoms in total. The van der Waals surface area contributed by atoms with Crippen molar-refractivity contribution in [3.63, 3.8) is 0 Å². The van der Waals surface area contributed by atoms with Crippen LogP contribution in [0.5, 0.6) is 0 Å². The molecule has 1 aliphatic rings. The summed E-state index contributed by atoms with van der Waals surface area (Å²) < 4.78 is 5.08. The van der Waals surface area contributed by atoms with E-state index in [1.165, 1.54) is 0 Å². The number of carbonyl (C=O) groups excluding carboxylic acids is 1.